The average Bonchev–Trinajstić information content (AvgIpc) is 2.26. The van der Waals surface area contributed by atoms with Crippen molar-refractivity contribution in [3.63, 3.8) is 0 Å². The minimum Gasteiger partial charge on any atom is -0.370 e. The molecular formula is C9H9ClN4O. The van der Waals surface area contributed by atoms with Gasteiger partial charge in [0.25, 0.3) is 0 Å². The van der Waals surface area contributed by atoms with Crippen LogP contribution < -0.4 is 0 Å². The van der Waals surface area contributed by atoms with Gasteiger partial charge >= 0.3 is 0 Å². The molecule has 1 aromatic heterocycles. The molecule has 15 heavy (non-hydrogen) atoms. The third-order valence-electron chi connectivity index (χ3n) is 2.05. The van der Waals surface area contributed by atoms with Crippen molar-refractivity contribution in [1.82, 2.24) is 14.9 Å². The first-order valence-electron chi connectivity index (χ1n) is 4.32. The molecule has 0 saturated heterocycles. The van der Waals surface area contributed by atoms with Gasteiger partial charge in [-0.3, -0.25) is 0 Å². The van der Waals surface area contributed by atoms with E-state index in [0.717, 1.165) is 0 Å². The molecule has 78 valence electrons. The van der Waals surface area contributed by atoms with E-state index in [4.69, 9.17) is 11.6 Å². The van der Waals surface area contributed by atoms with Gasteiger partial charge in [0.2, 0.25) is 5.29 Å². The highest BCUT2D eigenvalue weighted by molar-refractivity contribution is 6.65. The summed E-state index contributed by atoms with van der Waals surface area (Å²) < 4.78 is 0. The minimum atomic E-state index is -0.778. The maximum absolute atomic E-state index is 9.62. The van der Waals surface area contributed by atoms with Crippen molar-refractivity contribution in [3.05, 3.63) is 30.4 Å². The molecule has 1 aliphatic heterocycles. The number of aliphatic imine (C=N–C) groups is 1. The highest BCUT2D eigenvalue weighted by Crippen LogP contribution is 2.20. The number of hydrogen-bond acceptors (Lipinski definition) is 5. The molecule has 0 bridgehead atoms. The van der Waals surface area contributed by atoms with Crippen LogP contribution in [0.3, 0.4) is 0 Å². The molecule has 1 atom stereocenters. The van der Waals surface area contributed by atoms with Crippen molar-refractivity contribution in [2.24, 2.45) is 4.99 Å². The molecule has 2 heterocycles. The van der Waals surface area contributed by atoms with E-state index >= 15 is 0 Å². The lowest BCUT2D eigenvalue weighted by atomic mass is 10.2. The molecule has 5 nitrogen and oxygen atoms in total. The van der Waals surface area contributed by atoms with Gasteiger partial charge in [0, 0.05) is 13.2 Å². The highest BCUT2D eigenvalue weighted by Gasteiger charge is 2.19. The van der Waals surface area contributed by atoms with Crippen molar-refractivity contribution in [2.75, 3.05) is 7.05 Å². The monoisotopic (exact) mass is 224 g/mol. The summed E-state index contributed by atoms with van der Waals surface area (Å²) >= 11 is 5.84. The van der Waals surface area contributed by atoms with Crippen LogP contribution in [-0.4, -0.2) is 38.5 Å². The van der Waals surface area contributed by atoms with Gasteiger partial charge in [0.1, 0.15) is 12.6 Å². The van der Waals surface area contributed by atoms with Gasteiger partial charge in [0.15, 0.2) is 0 Å². The number of aromatic nitrogens is 2. The number of rotatable bonds is 1. The fraction of sp³-hybridized carbons (Fsp3) is 0.222. The Morgan fingerprint density at radius 2 is 2.33 bits per heavy atom. The van der Waals surface area contributed by atoms with E-state index in [1.807, 2.05) is 0 Å². The van der Waals surface area contributed by atoms with Crippen molar-refractivity contribution >= 4 is 22.6 Å². The lowest BCUT2D eigenvalue weighted by Gasteiger charge is -2.25. The fourth-order valence-corrected chi connectivity index (χ4v) is 1.35. The van der Waals surface area contributed by atoms with Crippen LogP contribution >= 0.6 is 11.6 Å². The Labute approximate surface area is 91.8 Å². The van der Waals surface area contributed by atoms with Crippen LogP contribution in [0.1, 0.15) is 5.69 Å². The van der Waals surface area contributed by atoms with E-state index in [9.17, 15) is 5.11 Å². The predicted octanol–water partition coefficient (Wildman–Crippen LogP) is 0.676. The number of aliphatic hydroxyl groups excluding tert-OH is 1. The molecule has 0 amide bonds. The van der Waals surface area contributed by atoms with Gasteiger partial charge in [-0.1, -0.05) is 0 Å². The van der Waals surface area contributed by atoms with Crippen molar-refractivity contribution in [1.29, 1.82) is 0 Å². The van der Waals surface area contributed by atoms with Gasteiger partial charge in [-0.25, -0.2) is 15.0 Å². The average molecular weight is 225 g/mol. The van der Waals surface area contributed by atoms with Crippen molar-refractivity contribution in [2.45, 2.75) is 6.23 Å². The molecule has 1 unspecified atom stereocenters. The Balaban J connectivity index is 2.37. The molecule has 0 saturated carbocycles. The summed E-state index contributed by atoms with van der Waals surface area (Å²) in [4.78, 5) is 13.4. The molecule has 1 aromatic rings. The molecule has 0 spiro atoms. The number of aliphatic hydroxyl groups is 1. The van der Waals surface area contributed by atoms with E-state index in [1.54, 1.807) is 25.4 Å². The van der Waals surface area contributed by atoms with Gasteiger partial charge in [0.05, 0.1) is 11.4 Å². The van der Waals surface area contributed by atoms with Crippen molar-refractivity contribution < 1.29 is 5.11 Å². The molecule has 2 rings (SSSR count). The molecular weight excluding hydrogens is 216 g/mol. The Morgan fingerprint density at radius 3 is 2.93 bits per heavy atom. The maximum Gasteiger partial charge on any atom is 0.201 e. The van der Waals surface area contributed by atoms with Crippen LogP contribution in [0.2, 0.25) is 0 Å². The quantitative estimate of drug-likeness (QED) is 0.713. The molecule has 0 fully saturated rings. The fourth-order valence-electron chi connectivity index (χ4n) is 1.16. The number of nitrogens with zero attached hydrogens (tertiary/aromatic N) is 4. The van der Waals surface area contributed by atoms with E-state index < -0.39 is 6.23 Å². The second kappa shape index (κ2) is 3.96. The number of hydrogen-bond donors (Lipinski definition) is 1. The molecule has 6 heteroatoms. The summed E-state index contributed by atoms with van der Waals surface area (Å²) in [7, 11) is 1.66. The van der Waals surface area contributed by atoms with E-state index in [1.165, 1.54) is 11.2 Å². The zero-order chi connectivity index (χ0) is 10.8. The van der Waals surface area contributed by atoms with Gasteiger partial charge in [-0.15, -0.1) is 0 Å². The topological polar surface area (TPSA) is 61.6 Å². The van der Waals surface area contributed by atoms with E-state index in [-0.39, 0.29) is 5.29 Å². The summed E-state index contributed by atoms with van der Waals surface area (Å²) in [5.41, 5.74) is 1.18. The summed E-state index contributed by atoms with van der Waals surface area (Å²) in [6.07, 6.45) is 3.83. The summed E-state index contributed by atoms with van der Waals surface area (Å²) in [5.74, 6) is 0. The third-order valence-corrected chi connectivity index (χ3v) is 2.40. The van der Waals surface area contributed by atoms with Crippen LogP contribution in [-0.2, 0) is 0 Å². The summed E-state index contributed by atoms with van der Waals surface area (Å²) in [6.45, 7) is 0. The van der Waals surface area contributed by atoms with Crippen molar-refractivity contribution in [3.8, 4) is 0 Å². The first-order valence-corrected chi connectivity index (χ1v) is 4.69. The lowest BCUT2D eigenvalue weighted by Crippen LogP contribution is -2.35. The second-order valence-corrected chi connectivity index (χ2v) is 3.39. The zero-order valence-corrected chi connectivity index (χ0v) is 8.76. The van der Waals surface area contributed by atoms with Crippen LogP contribution in [0, 0.1) is 0 Å². The molecule has 0 aromatic carbocycles. The predicted molar refractivity (Wildman–Crippen MR) is 57.1 cm³/mol. The summed E-state index contributed by atoms with van der Waals surface area (Å²) in [6, 6.07) is 1.71. The lowest BCUT2D eigenvalue weighted by molar-refractivity contribution is 0.115. The smallest absolute Gasteiger partial charge is 0.201 e. The van der Waals surface area contributed by atoms with Crippen LogP contribution in [0.5, 0.6) is 0 Å². The Kier molecular flexibility index (Phi) is 2.66. The van der Waals surface area contributed by atoms with Crippen LogP contribution in [0.25, 0.3) is 5.70 Å². The number of halogens is 1. The largest absolute Gasteiger partial charge is 0.370 e. The number of amidine groups is 1. The molecule has 1 N–H and O–H groups in total. The number of likely N-dealkylation sites (N-methyl/N-ethyl adjacent to an activating group) is 1. The SMILES string of the molecule is CN1C(Cl)=NC(c2ccncn2)=CC1O. The third kappa shape index (κ3) is 1.98. The Bertz CT molecular complexity index is 417. The standard InChI is InChI=1S/C9H9ClN4O/c1-14-8(15)4-7(13-9(14)10)6-2-3-11-5-12-6/h2-5,8,15H,1H3. The normalized spacial score (nSPS) is 21.0. The first-order chi connectivity index (χ1) is 7.18. The van der Waals surface area contributed by atoms with Gasteiger partial charge < -0.3 is 10.0 Å². The Morgan fingerprint density at radius 1 is 1.53 bits per heavy atom. The molecule has 0 aliphatic carbocycles. The molecule has 0 radical (unpaired) electrons. The van der Waals surface area contributed by atoms with E-state index in [0.29, 0.717) is 11.4 Å². The molecule has 1 aliphatic rings. The van der Waals surface area contributed by atoms with Gasteiger partial charge in [-0.05, 0) is 23.7 Å². The van der Waals surface area contributed by atoms with Crippen LogP contribution in [0.4, 0.5) is 0 Å². The minimum absolute atomic E-state index is 0.235. The zero-order valence-electron chi connectivity index (χ0n) is 8.00. The van der Waals surface area contributed by atoms with Crippen LogP contribution in [0.15, 0.2) is 29.7 Å². The summed E-state index contributed by atoms with van der Waals surface area (Å²) in [5, 5.41) is 9.86. The Hall–Kier alpha value is -1.46. The van der Waals surface area contributed by atoms with Gasteiger partial charge in [-0.2, -0.15) is 0 Å². The highest BCUT2D eigenvalue weighted by atomic mass is 35.5. The van der Waals surface area contributed by atoms with E-state index in [2.05, 4.69) is 15.0 Å². The first kappa shape index (κ1) is 10.1. The second-order valence-electron chi connectivity index (χ2n) is 3.05. The maximum atomic E-state index is 9.62.